The van der Waals surface area contributed by atoms with Crippen molar-refractivity contribution in [3.63, 3.8) is 0 Å². The summed E-state index contributed by atoms with van der Waals surface area (Å²) in [5.74, 6) is -0.528. The Bertz CT molecular complexity index is 170. The van der Waals surface area contributed by atoms with Crippen LogP contribution in [0, 0.1) is 5.95 Å². The van der Waals surface area contributed by atoms with Crippen molar-refractivity contribution in [2.75, 3.05) is 0 Å². The lowest BCUT2D eigenvalue weighted by Gasteiger charge is -1.85. The molecule has 1 heterocycles. The van der Waals surface area contributed by atoms with Crippen LogP contribution in [-0.4, -0.2) is 9.97 Å². The van der Waals surface area contributed by atoms with E-state index in [-0.39, 0.29) is 0 Å². The fourth-order valence-electron chi connectivity index (χ4n) is 0.298. The first kappa shape index (κ1) is 5.62. The zero-order valence-corrected chi connectivity index (χ0v) is 5.39. The van der Waals surface area contributed by atoms with Gasteiger partial charge in [0.05, 0.1) is 4.47 Å². The second kappa shape index (κ2) is 2.17. The molecule has 8 heavy (non-hydrogen) atoms. The van der Waals surface area contributed by atoms with Crippen molar-refractivity contribution in [2.24, 2.45) is 0 Å². The summed E-state index contributed by atoms with van der Waals surface area (Å²) < 4.78 is 12.4. The van der Waals surface area contributed by atoms with Gasteiger partial charge < -0.3 is 0 Å². The normalized spacial score (nSPS) is 9.25. The van der Waals surface area contributed by atoms with E-state index in [1.54, 1.807) is 0 Å². The van der Waals surface area contributed by atoms with Gasteiger partial charge in [-0.25, -0.2) is 9.97 Å². The quantitative estimate of drug-likeness (QED) is 0.559. The SMILES string of the molecule is Fc1ncncc1Br. The number of nitrogens with zero attached hydrogens (tertiary/aromatic N) is 2. The molecular formula is C4H2BrFN2. The average Bonchev–Trinajstić information content (AvgIpc) is 1.77. The van der Waals surface area contributed by atoms with E-state index in [1.165, 1.54) is 6.20 Å². The van der Waals surface area contributed by atoms with Gasteiger partial charge >= 0.3 is 0 Å². The first-order valence-electron chi connectivity index (χ1n) is 1.91. The second-order valence-electron chi connectivity index (χ2n) is 1.16. The zero-order valence-electron chi connectivity index (χ0n) is 3.81. The van der Waals surface area contributed by atoms with Crippen LogP contribution in [0.25, 0.3) is 0 Å². The van der Waals surface area contributed by atoms with E-state index < -0.39 is 5.95 Å². The average molecular weight is 177 g/mol. The maximum Gasteiger partial charge on any atom is 0.230 e. The summed E-state index contributed by atoms with van der Waals surface area (Å²) in [6, 6.07) is 0. The summed E-state index contributed by atoms with van der Waals surface area (Å²) >= 11 is 2.90. The third kappa shape index (κ3) is 1.01. The van der Waals surface area contributed by atoms with Gasteiger partial charge in [0, 0.05) is 6.20 Å². The Labute approximate surface area is 53.9 Å². The van der Waals surface area contributed by atoms with Gasteiger partial charge in [-0.05, 0) is 15.9 Å². The predicted molar refractivity (Wildman–Crippen MR) is 29.7 cm³/mol. The van der Waals surface area contributed by atoms with Crippen LogP contribution in [0.2, 0.25) is 0 Å². The zero-order chi connectivity index (χ0) is 5.98. The molecule has 1 rings (SSSR count). The fraction of sp³-hybridized carbons (Fsp3) is 0. The molecular weight excluding hydrogens is 175 g/mol. The van der Waals surface area contributed by atoms with Crippen molar-refractivity contribution in [1.82, 2.24) is 9.97 Å². The summed E-state index contributed by atoms with van der Waals surface area (Å²) in [5, 5.41) is 0. The second-order valence-corrected chi connectivity index (χ2v) is 2.02. The summed E-state index contributed by atoms with van der Waals surface area (Å²) in [5.41, 5.74) is 0. The Hall–Kier alpha value is -0.510. The molecule has 2 nitrogen and oxygen atoms in total. The van der Waals surface area contributed by atoms with E-state index in [0.717, 1.165) is 6.33 Å². The summed E-state index contributed by atoms with van der Waals surface area (Å²) in [6.07, 6.45) is 2.50. The molecule has 0 bridgehead atoms. The van der Waals surface area contributed by atoms with Crippen LogP contribution in [0.1, 0.15) is 0 Å². The maximum atomic E-state index is 12.1. The van der Waals surface area contributed by atoms with Gasteiger partial charge in [0.2, 0.25) is 5.95 Å². The van der Waals surface area contributed by atoms with Crippen LogP contribution < -0.4 is 0 Å². The van der Waals surface area contributed by atoms with Crippen molar-refractivity contribution < 1.29 is 4.39 Å². The highest BCUT2D eigenvalue weighted by Gasteiger charge is 1.94. The monoisotopic (exact) mass is 176 g/mol. The number of rotatable bonds is 0. The van der Waals surface area contributed by atoms with Crippen molar-refractivity contribution in [3.05, 3.63) is 22.9 Å². The van der Waals surface area contributed by atoms with E-state index in [2.05, 4.69) is 25.9 Å². The standard InChI is InChI=1S/C4H2BrFN2/c5-3-1-7-2-8-4(3)6/h1-2H. The molecule has 0 aromatic carbocycles. The molecule has 0 fully saturated rings. The molecule has 0 unspecified atom stereocenters. The highest BCUT2D eigenvalue weighted by molar-refractivity contribution is 9.10. The van der Waals surface area contributed by atoms with Crippen LogP contribution >= 0.6 is 15.9 Å². The number of hydrogen-bond acceptors (Lipinski definition) is 2. The molecule has 0 atom stereocenters. The van der Waals surface area contributed by atoms with Gasteiger partial charge in [0.15, 0.2) is 0 Å². The first-order valence-corrected chi connectivity index (χ1v) is 2.71. The van der Waals surface area contributed by atoms with Crippen LogP contribution in [0.15, 0.2) is 17.0 Å². The van der Waals surface area contributed by atoms with Crippen LogP contribution in [0.4, 0.5) is 4.39 Å². The predicted octanol–water partition coefficient (Wildman–Crippen LogP) is 1.38. The Kier molecular flexibility index (Phi) is 1.53. The van der Waals surface area contributed by atoms with Gasteiger partial charge in [-0.1, -0.05) is 0 Å². The molecule has 0 saturated carbocycles. The molecule has 0 amide bonds. The molecule has 0 radical (unpaired) electrons. The Morgan fingerprint density at radius 3 is 2.75 bits per heavy atom. The highest BCUT2D eigenvalue weighted by atomic mass is 79.9. The maximum absolute atomic E-state index is 12.1. The Balaban J connectivity index is 3.13. The summed E-state index contributed by atoms with van der Waals surface area (Å²) in [7, 11) is 0. The summed E-state index contributed by atoms with van der Waals surface area (Å²) in [4.78, 5) is 6.80. The molecule has 42 valence electrons. The van der Waals surface area contributed by atoms with Crippen LogP contribution in [0.3, 0.4) is 0 Å². The molecule has 0 spiro atoms. The molecule has 0 N–H and O–H groups in total. The minimum Gasteiger partial charge on any atom is -0.243 e. The van der Waals surface area contributed by atoms with Gasteiger partial charge in [0.25, 0.3) is 0 Å². The van der Waals surface area contributed by atoms with Crippen LogP contribution in [0.5, 0.6) is 0 Å². The van der Waals surface area contributed by atoms with Crippen molar-refractivity contribution in [3.8, 4) is 0 Å². The molecule has 4 heteroatoms. The largest absolute Gasteiger partial charge is 0.243 e. The molecule has 0 aliphatic heterocycles. The van der Waals surface area contributed by atoms with E-state index in [9.17, 15) is 4.39 Å². The van der Waals surface area contributed by atoms with Crippen molar-refractivity contribution in [1.29, 1.82) is 0 Å². The first-order chi connectivity index (χ1) is 3.80. The van der Waals surface area contributed by atoms with Gasteiger partial charge in [0.1, 0.15) is 6.33 Å². The molecule has 0 aliphatic rings. The number of aromatic nitrogens is 2. The molecule has 1 aromatic heterocycles. The number of halogens is 2. The number of hydrogen-bond donors (Lipinski definition) is 0. The third-order valence-electron chi connectivity index (χ3n) is 0.623. The minimum atomic E-state index is -0.528. The van der Waals surface area contributed by atoms with Crippen molar-refractivity contribution in [2.45, 2.75) is 0 Å². The molecule has 0 aliphatic carbocycles. The van der Waals surface area contributed by atoms with E-state index >= 15 is 0 Å². The highest BCUT2D eigenvalue weighted by Crippen LogP contribution is 2.07. The van der Waals surface area contributed by atoms with Crippen LogP contribution in [-0.2, 0) is 0 Å². The Morgan fingerprint density at radius 1 is 1.62 bits per heavy atom. The van der Waals surface area contributed by atoms with Gasteiger partial charge in [-0.2, -0.15) is 4.39 Å². The third-order valence-corrected chi connectivity index (χ3v) is 1.15. The lowest BCUT2D eigenvalue weighted by molar-refractivity contribution is 0.572. The summed E-state index contributed by atoms with van der Waals surface area (Å²) in [6.45, 7) is 0. The van der Waals surface area contributed by atoms with E-state index in [0.29, 0.717) is 4.47 Å². The van der Waals surface area contributed by atoms with Gasteiger partial charge in [-0.3, -0.25) is 0 Å². The van der Waals surface area contributed by atoms with Gasteiger partial charge in [-0.15, -0.1) is 0 Å². The van der Waals surface area contributed by atoms with E-state index in [1.807, 2.05) is 0 Å². The van der Waals surface area contributed by atoms with E-state index in [4.69, 9.17) is 0 Å². The lowest BCUT2D eigenvalue weighted by Crippen LogP contribution is -1.83. The Morgan fingerprint density at radius 2 is 2.38 bits per heavy atom. The topological polar surface area (TPSA) is 25.8 Å². The molecule has 0 saturated heterocycles. The van der Waals surface area contributed by atoms with Crippen molar-refractivity contribution >= 4 is 15.9 Å². The minimum absolute atomic E-state index is 0.292. The fourth-order valence-corrected chi connectivity index (χ4v) is 0.518. The lowest BCUT2D eigenvalue weighted by atomic mass is 10.7. The smallest absolute Gasteiger partial charge is 0.230 e. The molecule has 1 aromatic rings.